The summed E-state index contributed by atoms with van der Waals surface area (Å²) in [6, 6.07) is 9.54. The molecule has 1 amide bonds. The van der Waals surface area contributed by atoms with E-state index in [2.05, 4.69) is 11.9 Å². The van der Waals surface area contributed by atoms with Gasteiger partial charge in [-0.25, -0.2) is 0 Å². The molecule has 0 saturated carbocycles. The normalized spacial score (nSPS) is 13.9. The van der Waals surface area contributed by atoms with Crippen LogP contribution >= 0.6 is 0 Å². The van der Waals surface area contributed by atoms with Crippen LogP contribution in [0.4, 0.5) is 0 Å². The fourth-order valence-electron chi connectivity index (χ4n) is 2.70. The number of benzene rings is 1. The first kappa shape index (κ1) is 22.6. The van der Waals surface area contributed by atoms with Crippen molar-refractivity contribution < 1.29 is 14.7 Å². The lowest BCUT2D eigenvalue weighted by Gasteiger charge is -2.19. The quantitative estimate of drug-likeness (QED) is 0.539. The van der Waals surface area contributed by atoms with Gasteiger partial charge in [-0.1, -0.05) is 57.7 Å². The van der Waals surface area contributed by atoms with Crippen molar-refractivity contribution in [3.63, 3.8) is 0 Å². The van der Waals surface area contributed by atoms with Gasteiger partial charge in [0, 0.05) is 30.5 Å². The second-order valence-corrected chi connectivity index (χ2v) is 7.89. The molecular weight excluding hydrogens is 338 g/mol. The van der Waals surface area contributed by atoms with E-state index in [1.165, 1.54) is 0 Å². The first-order valence-corrected chi connectivity index (χ1v) is 9.09. The van der Waals surface area contributed by atoms with Crippen molar-refractivity contribution in [3.05, 3.63) is 71.3 Å². The average Bonchev–Trinajstić information content (AvgIpc) is 2.60. The van der Waals surface area contributed by atoms with Crippen LogP contribution in [0.3, 0.4) is 0 Å². The number of hydrogen-bond acceptors (Lipinski definition) is 3. The molecule has 0 aromatic heterocycles. The summed E-state index contributed by atoms with van der Waals surface area (Å²) in [4.78, 5) is 24.7. The predicted molar refractivity (Wildman–Crippen MR) is 110 cm³/mol. The van der Waals surface area contributed by atoms with Crippen molar-refractivity contribution in [1.29, 1.82) is 0 Å². The number of carbonyl (C=O) groups excluding carboxylic acids is 2. The van der Waals surface area contributed by atoms with E-state index in [0.717, 1.165) is 5.56 Å². The van der Waals surface area contributed by atoms with E-state index in [1.54, 1.807) is 26.1 Å². The van der Waals surface area contributed by atoms with Gasteiger partial charge in [-0.2, -0.15) is 0 Å². The molecule has 0 aliphatic rings. The van der Waals surface area contributed by atoms with Crippen LogP contribution in [-0.2, 0) is 9.59 Å². The zero-order valence-electron chi connectivity index (χ0n) is 17.0. The van der Waals surface area contributed by atoms with E-state index < -0.39 is 0 Å². The Balaban J connectivity index is 3.29. The fourth-order valence-corrected chi connectivity index (χ4v) is 2.70. The lowest BCUT2D eigenvalue weighted by atomic mass is 9.85. The first-order valence-electron chi connectivity index (χ1n) is 9.09. The van der Waals surface area contributed by atoms with E-state index in [4.69, 9.17) is 0 Å². The van der Waals surface area contributed by atoms with Crippen LogP contribution < -0.4 is 5.32 Å². The molecule has 0 heterocycles. The number of aliphatic hydroxyl groups excluding tert-OH is 1. The highest BCUT2D eigenvalue weighted by Gasteiger charge is 2.20. The van der Waals surface area contributed by atoms with E-state index in [-0.39, 0.29) is 29.6 Å². The summed E-state index contributed by atoms with van der Waals surface area (Å²) in [6.07, 6.45) is 3.63. The number of Topliss-reactive ketones (excluding diaryl/α,β-unsaturated/α-hetero) is 1. The molecule has 4 heteroatoms. The molecule has 1 rings (SSSR count). The van der Waals surface area contributed by atoms with E-state index >= 15 is 0 Å². The molecule has 0 bridgehead atoms. The van der Waals surface area contributed by atoms with Crippen molar-refractivity contribution in [2.24, 2.45) is 5.41 Å². The van der Waals surface area contributed by atoms with Crippen LogP contribution in [-0.4, -0.2) is 30.5 Å². The van der Waals surface area contributed by atoms with Crippen molar-refractivity contribution in [2.45, 2.75) is 40.0 Å². The molecular formula is C23H31NO3. The van der Waals surface area contributed by atoms with E-state index in [9.17, 15) is 14.7 Å². The van der Waals surface area contributed by atoms with Gasteiger partial charge in [-0.3, -0.25) is 9.59 Å². The van der Waals surface area contributed by atoms with Gasteiger partial charge >= 0.3 is 0 Å². The smallest absolute Gasteiger partial charge is 0.246 e. The Morgan fingerprint density at radius 1 is 1.19 bits per heavy atom. The lowest BCUT2D eigenvalue weighted by Crippen LogP contribution is -2.20. The summed E-state index contributed by atoms with van der Waals surface area (Å²) < 4.78 is 0. The topological polar surface area (TPSA) is 66.4 Å². The third-order valence-electron chi connectivity index (χ3n) is 4.14. The van der Waals surface area contributed by atoms with Gasteiger partial charge in [-0.15, -0.1) is 0 Å². The summed E-state index contributed by atoms with van der Waals surface area (Å²) in [5.74, 6) is -0.606. The summed E-state index contributed by atoms with van der Waals surface area (Å²) >= 11 is 0. The maximum Gasteiger partial charge on any atom is 0.246 e. The second-order valence-electron chi connectivity index (χ2n) is 7.89. The van der Waals surface area contributed by atoms with Crippen molar-refractivity contribution in [1.82, 2.24) is 5.32 Å². The highest BCUT2D eigenvalue weighted by molar-refractivity contribution is 6.02. The minimum atomic E-state index is -0.308. The Kier molecular flexibility index (Phi) is 8.38. The Hall–Kier alpha value is -2.46. The van der Waals surface area contributed by atoms with Crippen LogP contribution in [0.5, 0.6) is 0 Å². The molecule has 0 aliphatic carbocycles. The van der Waals surface area contributed by atoms with Crippen molar-refractivity contribution in [2.75, 3.05) is 13.7 Å². The monoisotopic (exact) mass is 369 g/mol. The standard InChI is InChI=1S/C23H31NO3/c1-16(20(15-25)18-10-8-7-9-11-18)12-19(13-17(2)22(27)24-6)21(26)14-23(3,4)5/h7-13,20,25H,1,14-15H2,2-6H3,(H,24,27)/b17-13+,19-12+. The molecule has 0 aliphatic heterocycles. The van der Waals surface area contributed by atoms with Crippen LogP contribution in [0.25, 0.3) is 0 Å². The molecule has 1 aromatic rings. The van der Waals surface area contributed by atoms with Crippen LogP contribution in [0.1, 0.15) is 45.6 Å². The van der Waals surface area contributed by atoms with Gasteiger partial charge in [0.1, 0.15) is 0 Å². The van der Waals surface area contributed by atoms with Crippen LogP contribution in [0.2, 0.25) is 0 Å². The summed E-state index contributed by atoms with van der Waals surface area (Å²) in [7, 11) is 1.55. The number of nitrogens with one attached hydrogen (secondary N) is 1. The largest absolute Gasteiger partial charge is 0.395 e. The van der Waals surface area contributed by atoms with Gasteiger partial charge in [0.2, 0.25) is 5.91 Å². The number of likely N-dealkylation sites (N-methyl/N-ethyl adjacent to an activating group) is 1. The van der Waals surface area contributed by atoms with Gasteiger partial charge in [0.25, 0.3) is 0 Å². The minimum Gasteiger partial charge on any atom is -0.395 e. The van der Waals surface area contributed by atoms with Crippen LogP contribution in [0.15, 0.2) is 65.8 Å². The SMILES string of the molecule is C=C(/C=C(\C=C(/C)C(=O)NC)C(=O)CC(C)(C)C)C(CO)c1ccccc1. The first-order chi connectivity index (χ1) is 12.6. The zero-order valence-corrected chi connectivity index (χ0v) is 17.0. The molecule has 0 fully saturated rings. The maximum absolute atomic E-state index is 12.8. The number of rotatable bonds is 8. The summed E-state index contributed by atoms with van der Waals surface area (Å²) in [5, 5.41) is 12.4. The zero-order chi connectivity index (χ0) is 20.6. The van der Waals surface area contributed by atoms with Crippen molar-refractivity contribution >= 4 is 11.7 Å². The number of carbonyl (C=O) groups is 2. The molecule has 146 valence electrons. The molecule has 0 spiro atoms. The maximum atomic E-state index is 12.8. The lowest BCUT2D eigenvalue weighted by molar-refractivity contribution is -0.117. The van der Waals surface area contributed by atoms with Crippen molar-refractivity contribution in [3.8, 4) is 0 Å². The second kappa shape index (κ2) is 10.0. The van der Waals surface area contributed by atoms with Gasteiger partial charge in [-0.05, 0) is 35.6 Å². The number of aliphatic hydroxyl groups is 1. The molecule has 27 heavy (non-hydrogen) atoms. The predicted octanol–water partition coefficient (Wildman–Crippen LogP) is 3.94. The van der Waals surface area contributed by atoms with Gasteiger partial charge in [0.05, 0.1) is 6.61 Å². The van der Waals surface area contributed by atoms with Gasteiger partial charge < -0.3 is 10.4 Å². The Morgan fingerprint density at radius 2 is 1.78 bits per heavy atom. The molecule has 1 aromatic carbocycles. The molecule has 1 unspecified atom stereocenters. The number of hydrogen-bond donors (Lipinski definition) is 2. The molecule has 4 nitrogen and oxygen atoms in total. The fraction of sp³-hybridized carbons (Fsp3) is 0.391. The van der Waals surface area contributed by atoms with Crippen LogP contribution in [0, 0.1) is 5.41 Å². The minimum absolute atomic E-state index is 0.0587. The Morgan fingerprint density at radius 3 is 2.26 bits per heavy atom. The molecule has 1 atom stereocenters. The summed E-state index contributed by atoms with van der Waals surface area (Å²) in [5.41, 5.74) is 2.24. The Labute approximate surface area is 162 Å². The van der Waals surface area contributed by atoms with Gasteiger partial charge in [0.15, 0.2) is 5.78 Å². The van der Waals surface area contributed by atoms with E-state index in [0.29, 0.717) is 23.1 Å². The third-order valence-corrected chi connectivity index (χ3v) is 4.14. The number of amides is 1. The highest BCUT2D eigenvalue weighted by Crippen LogP contribution is 2.27. The summed E-state index contributed by atoms with van der Waals surface area (Å²) in [6.45, 7) is 11.6. The number of ketones is 1. The highest BCUT2D eigenvalue weighted by atomic mass is 16.3. The third kappa shape index (κ3) is 7.35. The van der Waals surface area contributed by atoms with E-state index in [1.807, 2.05) is 51.1 Å². The number of allylic oxidation sites excluding steroid dienone is 3. The molecule has 0 radical (unpaired) electrons. The molecule has 0 saturated heterocycles. The Bertz CT molecular complexity index is 737. The average molecular weight is 370 g/mol. The molecule has 2 N–H and O–H groups in total.